The predicted octanol–water partition coefficient (Wildman–Crippen LogP) is 2.38. The van der Waals surface area contributed by atoms with Crippen LogP contribution in [0.5, 0.6) is 5.75 Å². The monoisotopic (exact) mass is 248 g/mol. The second-order valence-corrected chi connectivity index (χ2v) is 4.28. The van der Waals surface area contributed by atoms with Gasteiger partial charge in [-0.1, -0.05) is 0 Å². The normalized spacial score (nSPS) is 12.3. The van der Waals surface area contributed by atoms with Crippen LogP contribution >= 0.6 is 0 Å². The topological polar surface area (TPSA) is 74.3 Å². The highest BCUT2D eigenvalue weighted by atomic mass is 16.5. The van der Waals surface area contributed by atoms with Crippen molar-refractivity contribution in [2.75, 3.05) is 7.11 Å². The smallest absolute Gasteiger partial charge is 0.404 e. The zero-order valence-electron chi connectivity index (χ0n) is 10.4. The van der Waals surface area contributed by atoms with Crippen molar-refractivity contribution in [1.29, 1.82) is 0 Å². The van der Waals surface area contributed by atoms with Gasteiger partial charge in [0.25, 0.3) is 0 Å². The number of hydrogen-bond donors (Lipinski definition) is 3. The van der Waals surface area contributed by atoms with Gasteiger partial charge < -0.3 is 20.1 Å². The number of rotatable bonds is 4. The fraction of sp³-hybridized carbons (Fsp3) is 0.308. The molecule has 0 saturated heterocycles. The molecule has 1 heterocycles. The Morgan fingerprint density at radius 2 is 2.33 bits per heavy atom. The summed E-state index contributed by atoms with van der Waals surface area (Å²) in [5.74, 6) is 0.794. The summed E-state index contributed by atoms with van der Waals surface area (Å²) in [6.45, 7) is 1.84. The van der Waals surface area contributed by atoms with Crippen molar-refractivity contribution < 1.29 is 14.6 Å². The number of aromatic nitrogens is 1. The fourth-order valence-corrected chi connectivity index (χ4v) is 2.05. The average Bonchev–Trinajstić information content (AvgIpc) is 2.70. The lowest BCUT2D eigenvalue weighted by Crippen LogP contribution is -2.32. The number of amides is 1. The van der Waals surface area contributed by atoms with E-state index >= 15 is 0 Å². The summed E-state index contributed by atoms with van der Waals surface area (Å²) in [7, 11) is 1.63. The average molecular weight is 248 g/mol. The number of benzene rings is 1. The molecule has 0 aliphatic carbocycles. The Morgan fingerprint density at radius 1 is 1.56 bits per heavy atom. The van der Waals surface area contributed by atoms with Gasteiger partial charge in [0.2, 0.25) is 0 Å². The molecule has 0 bridgehead atoms. The quantitative estimate of drug-likeness (QED) is 0.777. The van der Waals surface area contributed by atoms with Crippen LogP contribution in [0, 0.1) is 0 Å². The van der Waals surface area contributed by atoms with Crippen LogP contribution < -0.4 is 10.1 Å². The number of methoxy groups -OCH3 is 1. The van der Waals surface area contributed by atoms with Crippen LogP contribution in [-0.4, -0.2) is 29.3 Å². The maximum absolute atomic E-state index is 10.6. The largest absolute Gasteiger partial charge is 0.497 e. The third kappa shape index (κ3) is 2.56. The van der Waals surface area contributed by atoms with E-state index in [4.69, 9.17) is 9.84 Å². The summed E-state index contributed by atoms with van der Waals surface area (Å²) in [5, 5.41) is 12.2. The van der Waals surface area contributed by atoms with E-state index in [0.29, 0.717) is 6.42 Å². The Balaban J connectivity index is 2.25. The molecule has 0 aliphatic heterocycles. The lowest BCUT2D eigenvalue weighted by Gasteiger charge is -2.10. The van der Waals surface area contributed by atoms with Gasteiger partial charge in [0.05, 0.1) is 7.11 Å². The number of H-pyrrole nitrogens is 1. The van der Waals surface area contributed by atoms with Crippen LogP contribution in [0.3, 0.4) is 0 Å². The third-order valence-electron chi connectivity index (χ3n) is 2.87. The standard InChI is InChI=1S/C13H16N2O3/c1-8(15-13(16)17)5-9-7-14-12-4-3-10(18-2)6-11(9)12/h3-4,6-8,14-15H,5H2,1-2H3,(H,16,17)/t8-/m0/s1. The van der Waals surface area contributed by atoms with Gasteiger partial charge in [0.15, 0.2) is 0 Å². The molecule has 0 unspecified atom stereocenters. The molecule has 2 rings (SSSR count). The first-order chi connectivity index (χ1) is 8.60. The molecule has 5 nitrogen and oxygen atoms in total. The number of carbonyl (C=O) groups is 1. The second kappa shape index (κ2) is 5.00. The molecule has 1 atom stereocenters. The van der Waals surface area contributed by atoms with Crippen molar-refractivity contribution in [1.82, 2.24) is 10.3 Å². The van der Waals surface area contributed by atoms with Crippen molar-refractivity contribution in [2.24, 2.45) is 0 Å². The Morgan fingerprint density at radius 3 is 3.00 bits per heavy atom. The van der Waals surface area contributed by atoms with Crippen LogP contribution in [0.1, 0.15) is 12.5 Å². The predicted molar refractivity (Wildman–Crippen MR) is 69.2 cm³/mol. The van der Waals surface area contributed by atoms with Crippen molar-refractivity contribution in [3.05, 3.63) is 30.0 Å². The number of nitrogens with one attached hydrogen (secondary N) is 2. The first kappa shape index (κ1) is 12.3. The molecule has 18 heavy (non-hydrogen) atoms. The first-order valence-electron chi connectivity index (χ1n) is 5.73. The molecule has 0 fully saturated rings. The number of hydrogen-bond acceptors (Lipinski definition) is 2. The molecule has 1 aromatic carbocycles. The van der Waals surface area contributed by atoms with E-state index in [2.05, 4.69) is 10.3 Å². The summed E-state index contributed by atoms with van der Waals surface area (Å²) < 4.78 is 5.19. The number of carboxylic acid groups (broad SMARTS) is 1. The summed E-state index contributed by atoms with van der Waals surface area (Å²) in [6.07, 6.45) is 1.55. The van der Waals surface area contributed by atoms with Crippen LogP contribution in [0.15, 0.2) is 24.4 Å². The Labute approximate surface area is 105 Å². The summed E-state index contributed by atoms with van der Waals surface area (Å²) in [5.41, 5.74) is 2.10. The molecule has 0 aliphatic rings. The van der Waals surface area contributed by atoms with Crippen molar-refractivity contribution in [2.45, 2.75) is 19.4 Å². The highest BCUT2D eigenvalue weighted by molar-refractivity contribution is 5.84. The molecule has 0 spiro atoms. The molecule has 1 amide bonds. The molecule has 3 N–H and O–H groups in total. The first-order valence-corrected chi connectivity index (χ1v) is 5.73. The van der Waals surface area contributed by atoms with E-state index in [1.54, 1.807) is 7.11 Å². The van der Waals surface area contributed by atoms with E-state index in [0.717, 1.165) is 22.2 Å². The highest BCUT2D eigenvalue weighted by Crippen LogP contribution is 2.24. The van der Waals surface area contributed by atoms with E-state index in [9.17, 15) is 4.79 Å². The zero-order valence-corrected chi connectivity index (χ0v) is 10.4. The van der Waals surface area contributed by atoms with E-state index in [-0.39, 0.29) is 6.04 Å². The third-order valence-corrected chi connectivity index (χ3v) is 2.87. The van der Waals surface area contributed by atoms with Crippen molar-refractivity contribution in [3.8, 4) is 5.75 Å². The van der Waals surface area contributed by atoms with Gasteiger partial charge in [0, 0.05) is 23.1 Å². The maximum Gasteiger partial charge on any atom is 0.404 e. The van der Waals surface area contributed by atoms with Crippen LogP contribution in [0.4, 0.5) is 4.79 Å². The maximum atomic E-state index is 10.6. The van der Waals surface area contributed by atoms with Gasteiger partial charge in [-0.15, -0.1) is 0 Å². The van der Waals surface area contributed by atoms with Crippen LogP contribution in [-0.2, 0) is 6.42 Å². The molecule has 0 saturated carbocycles. The molecule has 96 valence electrons. The number of aromatic amines is 1. The Bertz CT molecular complexity index is 562. The summed E-state index contributed by atoms with van der Waals surface area (Å²) in [4.78, 5) is 13.7. The Kier molecular flexibility index (Phi) is 3.41. The van der Waals surface area contributed by atoms with Crippen molar-refractivity contribution >= 4 is 17.0 Å². The van der Waals surface area contributed by atoms with E-state index in [1.807, 2.05) is 31.3 Å². The molecule has 2 aromatic rings. The lowest BCUT2D eigenvalue weighted by atomic mass is 10.1. The van der Waals surface area contributed by atoms with Crippen molar-refractivity contribution in [3.63, 3.8) is 0 Å². The van der Waals surface area contributed by atoms with Gasteiger partial charge in [0.1, 0.15) is 5.75 Å². The lowest BCUT2D eigenvalue weighted by molar-refractivity contribution is 0.190. The SMILES string of the molecule is COc1ccc2[nH]cc(C[C@H](C)NC(=O)O)c2c1. The minimum atomic E-state index is -1.00. The molecular formula is C13H16N2O3. The van der Waals surface area contributed by atoms with E-state index in [1.165, 1.54) is 0 Å². The van der Waals surface area contributed by atoms with Gasteiger partial charge in [-0.2, -0.15) is 0 Å². The number of fused-ring (bicyclic) bond motifs is 1. The minimum Gasteiger partial charge on any atom is -0.497 e. The minimum absolute atomic E-state index is 0.132. The van der Waals surface area contributed by atoms with Crippen LogP contribution in [0.2, 0.25) is 0 Å². The summed E-state index contributed by atoms with van der Waals surface area (Å²) >= 11 is 0. The molecule has 5 heteroatoms. The summed E-state index contributed by atoms with van der Waals surface area (Å²) in [6, 6.07) is 5.66. The highest BCUT2D eigenvalue weighted by Gasteiger charge is 2.10. The molecule has 1 aromatic heterocycles. The van der Waals surface area contributed by atoms with Gasteiger partial charge in [-0.3, -0.25) is 0 Å². The fourth-order valence-electron chi connectivity index (χ4n) is 2.05. The number of ether oxygens (including phenoxy) is 1. The van der Waals surface area contributed by atoms with Crippen LogP contribution in [0.25, 0.3) is 10.9 Å². The molecular weight excluding hydrogens is 232 g/mol. The van der Waals surface area contributed by atoms with Gasteiger partial charge >= 0.3 is 6.09 Å². The van der Waals surface area contributed by atoms with E-state index < -0.39 is 6.09 Å². The zero-order chi connectivity index (χ0) is 13.1. The Hall–Kier alpha value is -2.17. The molecule has 0 radical (unpaired) electrons. The van der Waals surface area contributed by atoms with Gasteiger partial charge in [-0.05, 0) is 37.1 Å². The van der Waals surface area contributed by atoms with Gasteiger partial charge in [-0.25, -0.2) is 4.79 Å². The second-order valence-electron chi connectivity index (χ2n) is 4.28.